The second-order valence-electron chi connectivity index (χ2n) is 10.6. The maximum absolute atomic E-state index is 13.3. The number of hydrogen-bond acceptors (Lipinski definition) is 7. The van der Waals surface area contributed by atoms with Crippen molar-refractivity contribution in [2.75, 3.05) is 19.5 Å². The highest BCUT2D eigenvalue weighted by molar-refractivity contribution is 7.16. The van der Waals surface area contributed by atoms with Crippen LogP contribution in [0.2, 0.25) is 0 Å². The number of benzene rings is 2. The molecule has 2 aromatic carbocycles. The van der Waals surface area contributed by atoms with Gasteiger partial charge in [0.05, 0.1) is 25.3 Å². The summed E-state index contributed by atoms with van der Waals surface area (Å²) in [5, 5.41) is 7.56. The SMILES string of the molecule is CCC(C)(C)[C@@H]1CCc2c(sc3c2C(=O)N[C@H](c2ccc(OC(=O)c4ccc(OC)cc4)c(OC)c2)N3)C1. The van der Waals surface area contributed by atoms with Gasteiger partial charge in [-0.15, -0.1) is 11.3 Å². The minimum atomic E-state index is -0.499. The summed E-state index contributed by atoms with van der Waals surface area (Å²) in [5.41, 5.74) is 3.49. The molecule has 0 saturated carbocycles. The number of nitrogens with one attached hydrogen (secondary N) is 2. The van der Waals surface area contributed by atoms with Gasteiger partial charge in [-0.3, -0.25) is 4.79 Å². The van der Waals surface area contributed by atoms with Gasteiger partial charge in [-0.1, -0.05) is 33.3 Å². The summed E-state index contributed by atoms with van der Waals surface area (Å²) in [4.78, 5) is 27.2. The molecule has 8 heteroatoms. The van der Waals surface area contributed by atoms with E-state index in [9.17, 15) is 9.59 Å². The molecule has 0 bridgehead atoms. The molecule has 2 heterocycles. The molecular weight excluding hydrogens is 500 g/mol. The number of hydrogen-bond donors (Lipinski definition) is 2. The van der Waals surface area contributed by atoms with Crippen molar-refractivity contribution in [1.82, 2.24) is 5.32 Å². The Bertz CT molecular complexity index is 1360. The predicted octanol–water partition coefficient (Wildman–Crippen LogP) is 6.38. The first-order chi connectivity index (χ1) is 18.2. The van der Waals surface area contributed by atoms with Gasteiger partial charge in [-0.05, 0) is 78.1 Å². The largest absolute Gasteiger partial charge is 0.497 e. The van der Waals surface area contributed by atoms with Crippen molar-refractivity contribution in [1.29, 1.82) is 0 Å². The molecule has 0 saturated heterocycles. The Morgan fingerprint density at radius 3 is 2.50 bits per heavy atom. The number of ether oxygens (including phenoxy) is 3. The number of fused-ring (bicyclic) bond motifs is 3. The third-order valence-corrected chi connectivity index (χ3v) is 9.29. The van der Waals surface area contributed by atoms with Gasteiger partial charge in [0.2, 0.25) is 0 Å². The van der Waals surface area contributed by atoms with Gasteiger partial charge in [0.15, 0.2) is 11.5 Å². The average Bonchev–Trinajstić information content (AvgIpc) is 3.31. The molecule has 2 atom stereocenters. The number of carbonyl (C=O) groups is 2. The van der Waals surface area contributed by atoms with Gasteiger partial charge in [0, 0.05) is 4.88 Å². The number of thiophene rings is 1. The van der Waals surface area contributed by atoms with E-state index in [0.717, 1.165) is 41.8 Å². The molecule has 200 valence electrons. The third-order valence-electron chi connectivity index (χ3n) is 8.11. The first-order valence-electron chi connectivity index (χ1n) is 13.0. The molecule has 1 aliphatic carbocycles. The molecule has 0 unspecified atom stereocenters. The van der Waals surface area contributed by atoms with Crippen LogP contribution >= 0.6 is 11.3 Å². The Hall–Kier alpha value is -3.52. The molecule has 2 aliphatic rings. The number of esters is 1. The van der Waals surface area contributed by atoms with E-state index in [0.29, 0.717) is 28.7 Å². The molecular formula is C30H34N2O5S. The van der Waals surface area contributed by atoms with E-state index in [2.05, 4.69) is 31.4 Å². The van der Waals surface area contributed by atoms with Gasteiger partial charge in [-0.2, -0.15) is 0 Å². The highest BCUT2D eigenvalue weighted by Gasteiger charge is 2.37. The average molecular weight is 535 g/mol. The van der Waals surface area contributed by atoms with Crippen LogP contribution in [-0.2, 0) is 12.8 Å². The highest BCUT2D eigenvalue weighted by Crippen LogP contribution is 2.47. The Balaban J connectivity index is 1.34. The topological polar surface area (TPSA) is 85.9 Å². The molecule has 0 fully saturated rings. The van der Waals surface area contributed by atoms with Crippen LogP contribution in [0.4, 0.5) is 5.00 Å². The van der Waals surface area contributed by atoms with E-state index in [4.69, 9.17) is 14.2 Å². The van der Waals surface area contributed by atoms with E-state index in [1.54, 1.807) is 54.8 Å². The second-order valence-corrected chi connectivity index (χ2v) is 11.7. The van der Waals surface area contributed by atoms with Gasteiger partial charge >= 0.3 is 5.97 Å². The van der Waals surface area contributed by atoms with Crippen LogP contribution in [0.5, 0.6) is 17.2 Å². The van der Waals surface area contributed by atoms with Gasteiger partial charge in [0.25, 0.3) is 5.91 Å². The van der Waals surface area contributed by atoms with E-state index in [1.807, 2.05) is 6.07 Å². The van der Waals surface area contributed by atoms with Crippen molar-refractivity contribution >= 4 is 28.2 Å². The zero-order chi connectivity index (χ0) is 27.0. The lowest BCUT2D eigenvalue weighted by Gasteiger charge is -2.36. The summed E-state index contributed by atoms with van der Waals surface area (Å²) in [6.45, 7) is 6.96. The molecule has 7 nitrogen and oxygen atoms in total. The number of anilines is 1. The summed E-state index contributed by atoms with van der Waals surface area (Å²) in [6.07, 6.45) is 3.80. The fourth-order valence-electron chi connectivity index (χ4n) is 5.25. The van der Waals surface area contributed by atoms with Crippen LogP contribution < -0.4 is 24.8 Å². The van der Waals surface area contributed by atoms with Crippen molar-refractivity contribution in [3.8, 4) is 17.2 Å². The molecule has 1 aromatic heterocycles. The van der Waals surface area contributed by atoms with Gasteiger partial charge < -0.3 is 24.8 Å². The smallest absolute Gasteiger partial charge is 0.343 e. The first-order valence-corrected chi connectivity index (χ1v) is 13.8. The molecule has 0 radical (unpaired) electrons. The van der Waals surface area contributed by atoms with Crippen LogP contribution in [0.3, 0.4) is 0 Å². The number of amides is 1. The lowest BCUT2D eigenvalue weighted by Crippen LogP contribution is -2.38. The van der Waals surface area contributed by atoms with Crippen LogP contribution in [0.15, 0.2) is 42.5 Å². The highest BCUT2D eigenvalue weighted by atomic mass is 32.1. The maximum Gasteiger partial charge on any atom is 0.343 e. The summed E-state index contributed by atoms with van der Waals surface area (Å²) < 4.78 is 16.3. The van der Waals surface area contributed by atoms with Crippen molar-refractivity contribution in [2.45, 2.75) is 52.6 Å². The van der Waals surface area contributed by atoms with Crippen LogP contribution in [0, 0.1) is 11.3 Å². The number of rotatable bonds is 7. The summed E-state index contributed by atoms with van der Waals surface area (Å²) in [6, 6.07) is 12.0. The lowest BCUT2D eigenvalue weighted by molar-refractivity contribution is 0.0729. The molecule has 5 rings (SSSR count). The van der Waals surface area contributed by atoms with Crippen LogP contribution in [-0.4, -0.2) is 26.1 Å². The van der Waals surface area contributed by atoms with E-state index >= 15 is 0 Å². The Labute approximate surface area is 227 Å². The summed E-state index contributed by atoms with van der Waals surface area (Å²) >= 11 is 1.71. The van der Waals surface area contributed by atoms with E-state index in [1.165, 1.54) is 17.6 Å². The normalized spacial score (nSPS) is 18.5. The van der Waals surface area contributed by atoms with Crippen molar-refractivity contribution in [3.63, 3.8) is 0 Å². The number of carbonyl (C=O) groups excluding carboxylic acids is 2. The molecule has 0 spiro atoms. The van der Waals surface area contributed by atoms with Gasteiger partial charge in [-0.25, -0.2) is 4.79 Å². The van der Waals surface area contributed by atoms with Crippen molar-refractivity contribution < 1.29 is 23.8 Å². The van der Waals surface area contributed by atoms with Crippen LogP contribution in [0.25, 0.3) is 0 Å². The minimum Gasteiger partial charge on any atom is -0.497 e. The Morgan fingerprint density at radius 1 is 1.05 bits per heavy atom. The molecule has 1 aliphatic heterocycles. The van der Waals surface area contributed by atoms with E-state index < -0.39 is 12.1 Å². The van der Waals surface area contributed by atoms with Crippen LogP contribution in [0.1, 0.15) is 76.5 Å². The zero-order valence-electron chi connectivity index (χ0n) is 22.5. The van der Waals surface area contributed by atoms with E-state index in [-0.39, 0.29) is 11.3 Å². The Kier molecular flexibility index (Phi) is 7.09. The lowest BCUT2D eigenvalue weighted by atomic mass is 9.69. The zero-order valence-corrected chi connectivity index (χ0v) is 23.3. The first kappa shape index (κ1) is 26.1. The molecule has 1 amide bonds. The molecule has 38 heavy (non-hydrogen) atoms. The van der Waals surface area contributed by atoms with Gasteiger partial charge in [0.1, 0.15) is 16.9 Å². The molecule has 2 N–H and O–H groups in total. The maximum atomic E-state index is 13.3. The standard InChI is InChI=1S/C30H34N2O5S/c1-6-30(2,3)19-10-13-21-24(16-19)38-28-25(21)27(33)31-26(32-28)18-9-14-22(23(15-18)36-5)37-29(34)17-7-11-20(35-4)12-8-17/h7-9,11-12,14-15,19,26,32H,6,10,13,16H2,1-5H3,(H,31,33)/t19-,26+/m1/s1. The monoisotopic (exact) mass is 534 g/mol. The second kappa shape index (κ2) is 10.3. The summed E-state index contributed by atoms with van der Waals surface area (Å²) in [5.74, 6) is 1.43. The van der Waals surface area contributed by atoms with Crippen molar-refractivity contribution in [2.24, 2.45) is 11.3 Å². The quantitative estimate of drug-likeness (QED) is 0.270. The third kappa shape index (κ3) is 4.85. The summed E-state index contributed by atoms with van der Waals surface area (Å²) in [7, 11) is 3.09. The fraction of sp³-hybridized carbons (Fsp3) is 0.400. The minimum absolute atomic E-state index is 0.0524. The number of methoxy groups -OCH3 is 2. The Morgan fingerprint density at radius 2 is 1.82 bits per heavy atom. The van der Waals surface area contributed by atoms with Crippen molar-refractivity contribution in [3.05, 3.63) is 69.6 Å². The predicted molar refractivity (Wildman–Crippen MR) is 149 cm³/mol. The molecule has 3 aromatic rings. The fourth-order valence-corrected chi connectivity index (χ4v) is 6.61.